The minimum atomic E-state index is -0.717. The van der Waals surface area contributed by atoms with Gasteiger partial charge in [0.1, 0.15) is 11.6 Å². The van der Waals surface area contributed by atoms with Gasteiger partial charge in [-0.15, -0.1) is 5.10 Å². The molecule has 1 aromatic heterocycles. The third-order valence-electron chi connectivity index (χ3n) is 4.90. The van der Waals surface area contributed by atoms with Gasteiger partial charge in [-0.2, -0.15) is 4.68 Å². The number of halogens is 2. The molecule has 1 heterocycles. The van der Waals surface area contributed by atoms with Crippen molar-refractivity contribution in [3.8, 4) is 16.8 Å². The number of tetrazole rings is 1. The van der Waals surface area contributed by atoms with Crippen LogP contribution in [0.2, 0.25) is 0 Å². The molecule has 1 unspecified atom stereocenters. The number of ether oxygens (including phenoxy) is 1. The van der Waals surface area contributed by atoms with E-state index in [0.717, 1.165) is 18.9 Å². The molecule has 0 aliphatic heterocycles. The lowest BCUT2D eigenvalue weighted by Crippen LogP contribution is -2.35. The molecule has 0 spiro atoms. The van der Waals surface area contributed by atoms with E-state index in [2.05, 4.69) is 20.8 Å². The van der Waals surface area contributed by atoms with Gasteiger partial charge >= 0.3 is 0 Å². The number of rotatable bonds is 7. The van der Waals surface area contributed by atoms with Crippen LogP contribution in [0.1, 0.15) is 41.9 Å². The Morgan fingerprint density at radius 2 is 2.07 bits per heavy atom. The maximum Gasteiger partial charge on any atom is 0.251 e. The molecule has 0 bridgehead atoms. The molecule has 1 aliphatic carbocycles. The molecule has 0 radical (unpaired) electrons. The van der Waals surface area contributed by atoms with E-state index in [1.165, 1.54) is 12.1 Å². The first kappa shape index (κ1) is 20.1. The van der Waals surface area contributed by atoms with Crippen molar-refractivity contribution in [2.75, 3.05) is 13.7 Å². The second kappa shape index (κ2) is 8.27. The summed E-state index contributed by atoms with van der Waals surface area (Å²) in [4.78, 5) is 12.8. The van der Waals surface area contributed by atoms with Crippen molar-refractivity contribution in [1.82, 2.24) is 25.5 Å². The summed E-state index contributed by atoms with van der Waals surface area (Å²) in [6, 6.07) is 8.03. The quantitative estimate of drug-likeness (QED) is 0.643. The molecule has 3 aromatic rings. The van der Waals surface area contributed by atoms with E-state index in [0.29, 0.717) is 29.2 Å². The van der Waals surface area contributed by atoms with Crippen LogP contribution in [0, 0.1) is 11.6 Å². The number of carbonyl (C=O) groups is 1. The summed E-state index contributed by atoms with van der Waals surface area (Å²) in [6.45, 7) is 2.17. The van der Waals surface area contributed by atoms with Gasteiger partial charge in [0.2, 0.25) is 0 Å². The minimum absolute atomic E-state index is 0.179. The second-order valence-corrected chi connectivity index (χ2v) is 7.45. The maximum absolute atomic E-state index is 14.5. The molecule has 1 amide bonds. The Kier molecular flexibility index (Phi) is 5.54. The van der Waals surface area contributed by atoms with Crippen molar-refractivity contribution in [3.05, 3.63) is 59.4 Å². The lowest BCUT2D eigenvalue weighted by atomic mass is 10.0. The summed E-state index contributed by atoms with van der Waals surface area (Å²) >= 11 is 0. The van der Waals surface area contributed by atoms with Crippen LogP contribution in [0.3, 0.4) is 0 Å². The lowest BCUT2D eigenvalue weighted by molar-refractivity contribution is 0.0905. The summed E-state index contributed by atoms with van der Waals surface area (Å²) < 4.78 is 34.5. The Hall–Kier alpha value is -3.20. The van der Waals surface area contributed by atoms with Gasteiger partial charge in [0.05, 0.1) is 12.3 Å². The van der Waals surface area contributed by atoms with Crippen LogP contribution in [0.4, 0.5) is 8.78 Å². The lowest BCUT2D eigenvalue weighted by Gasteiger charge is -2.15. The summed E-state index contributed by atoms with van der Waals surface area (Å²) in [7, 11) is 1.55. The number of hydrogen-bond acceptors (Lipinski definition) is 5. The zero-order valence-electron chi connectivity index (χ0n) is 16.6. The highest BCUT2D eigenvalue weighted by atomic mass is 19.1. The molecule has 4 rings (SSSR count). The van der Waals surface area contributed by atoms with Gasteiger partial charge in [-0.25, -0.2) is 8.78 Å². The molecule has 1 fully saturated rings. The van der Waals surface area contributed by atoms with E-state index in [1.54, 1.807) is 30.0 Å². The van der Waals surface area contributed by atoms with E-state index >= 15 is 0 Å². The first-order chi connectivity index (χ1) is 14.5. The molecule has 1 atom stereocenters. The number of hydrogen-bond donors (Lipinski definition) is 1. The smallest absolute Gasteiger partial charge is 0.251 e. The van der Waals surface area contributed by atoms with E-state index in [-0.39, 0.29) is 23.4 Å². The standard InChI is InChI=1S/C21H21F2N5O2/c1-12(11-30-2)24-21(29)15-7-14(18-6-5-16(22)10-19(18)23)8-17(9-15)28-20(13-3-4-13)25-26-27-28/h5-10,12-13H,3-4,11H2,1-2H3,(H,24,29). The normalized spacial score (nSPS) is 14.5. The SMILES string of the molecule is COCC(C)NC(=O)c1cc(-c2ccc(F)cc2F)cc(-n2nnnc2C2CC2)c1. The monoisotopic (exact) mass is 413 g/mol. The molecule has 0 saturated heterocycles. The van der Waals surface area contributed by atoms with Crippen molar-refractivity contribution in [3.63, 3.8) is 0 Å². The molecule has 1 saturated carbocycles. The first-order valence-electron chi connectivity index (χ1n) is 9.65. The van der Waals surface area contributed by atoms with Crippen LogP contribution >= 0.6 is 0 Å². The zero-order chi connectivity index (χ0) is 21.3. The van der Waals surface area contributed by atoms with Gasteiger partial charge < -0.3 is 10.1 Å². The summed E-state index contributed by atoms with van der Waals surface area (Å²) in [5.74, 6) is -0.761. The molecule has 1 N–H and O–H groups in total. The third kappa shape index (κ3) is 4.20. The van der Waals surface area contributed by atoms with Crippen LogP contribution in [0.15, 0.2) is 36.4 Å². The highest BCUT2D eigenvalue weighted by Crippen LogP contribution is 2.39. The maximum atomic E-state index is 14.5. The fourth-order valence-corrected chi connectivity index (χ4v) is 3.32. The number of aromatic nitrogens is 4. The number of methoxy groups -OCH3 is 1. The predicted octanol–water partition coefficient (Wildman–Crippen LogP) is 3.25. The highest BCUT2D eigenvalue weighted by Gasteiger charge is 2.30. The largest absolute Gasteiger partial charge is 0.383 e. The molecule has 2 aromatic carbocycles. The van der Waals surface area contributed by atoms with Crippen molar-refractivity contribution < 1.29 is 18.3 Å². The molecular weight excluding hydrogens is 392 g/mol. The average Bonchev–Trinajstić information content (AvgIpc) is 3.44. The van der Waals surface area contributed by atoms with Gasteiger partial charge in [-0.1, -0.05) is 0 Å². The number of benzene rings is 2. The van der Waals surface area contributed by atoms with E-state index in [9.17, 15) is 13.6 Å². The Bertz CT molecular complexity index is 1080. The number of nitrogens with one attached hydrogen (secondary N) is 1. The average molecular weight is 413 g/mol. The van der Waals surface area contributed by atoms with E-state index in [1.807, 2.05) is 6.92 Å². The predicted molar refractivity (Wildman–Crippen MR) is 105 cm³/mol. The van der Waals surface area contributed by atoms with Gasteiger partial charge in [0.15, 0.2) is 5.82 Å². The number of nitrogens with zero attached hydrogens (tertiary/aromatic N) is 4. The topological polar surface area (TPSA) is 81.9 Å². The Morgan fingerprint density at radius 1 is 1.27 bits per heavy atom. The molecule has 1 aliphatic rings. The van der Waals surface area contributed by atoms with Gasteiger partial charge in [0, 0.05) is 36.3 Å². The third-order valence-corrected chi connectivity index (χ3v) is 4.90. The molecule has 7 nitrogen and oxygen atoms in total. The van der Waals surface area contributed by atoms with Crippen LogP contribution in [-0.4, -0.2) is 45.9 Å². The van der Waals surface area contributed by atoms with E-state index in [4.69, 9.17) is 4.74 Å². The summed E-state index contributed by atoms with van der Waals surface area (Å²) in [5, 5.41) is 14.8. The number of amides is 1. The Balaban J connectivity index is 1.79. The fraction of sp³-hybridized carbons (Fsp3) is 0.333. The zero-order valence-corrected chi connectivity index (χ0v) is 16.6. The second-order valence-electron chi connectivity index (χ2n) is 7.45. The van der Waals surface area contributed by atoms with Crippen molar-refractivity contribution in [1.29, 1.82) is 0 Å². The van der Waals surface area contributed by atoms with Crippen molar-refractivity contribution >= 4 is 5.91 Å². The van der Waals surface area contributed by atoms with Crippen LogP contribution < -0.4 is 5.32 Å². The molecule has 156 valence electrons. The summed E-state index contributed by atoms with van der Waals surface area (Å²) in [6.07, 6.45) is 1.99. The minimum Gasteiger partial charge on any atom is -0.383 e. The highest BCUT2D eigenvalue weighted by molar-refractivity contribution is 5.96. The van der Waals surface area contributed by atoms with Gasteiger partial charge in [-0.3, -0.25) is 4.79 Å². The van der Waals surface area contributed by atoms with Crippen molar-refractivity contribution in [2.45, 2.75) is 31.7 Å². The first-order valence-corrected chi connectivity index (χ1v) is 9.65. The Labute approximate surface area is 172 Å². The van der Waals surface area contributed by atoms with E-state index < -0.39 is 11.6 Å². The fourth-order valence-electron chi connectivity index (χ4n) is 3.32. The number of carbonyl (C=O) groups excluding carboxylic acids is 1. The van der Waals surface area contributed by atoms with Crippen molar-refractivity contribution in [2.24, 2.45) is 0 Å². The molecule has 30 heavy (non-hydrogen) atoms. The molecule has 9 heteroatoms. The van der Waals surface area contributed by atoms with Gasteiger partial charge in [0.25, 0.3) is 5.91 Å². The summed E-state index contributed by atoms with van der Waals surface area (Å²) in [5.41, 5.74) is 1.45. The van der Waals surface area contributed by atoms with Crippen LogP contribution in [0.25, 0.3) is 16.8 Å². The Morgan fingerprint density at radius 3 is 2.77 bits per heavy atom. The molecular formula is C21H21F2N5O2. The van der Waals surface area contributed by atoms with Crippen LogP contribution in [-0.2, 0) is 4.74 Å². The van der Waals surface area contributed by atoms with Crippen LogP contribution in [0.5, 0.6) is 0 Å². The van der Waals surface area contributed by atoms with Gasteiger partial charge in [-0.05, 0) is 66.1 Å².